The molecule has 21 heavy (non-hydrogen) atoms. The van der Waals surface area contributed by atoms with Crippen molar-refractivity contribution >= 4 is 45.2 Å². The number of benzene rings is 2. The Labute approximate surface area is 141 Å². The molecule has 0 saturated heterocycles. The molecule has 2 aromatic carbocycles. The zero-order chi connectivity index (χ0) is 15.0. The Morgan fingerprint density at radius 2 is 2.14 bits per heavy atom. The average molecular weight is 408 g/mol. The molecule has 0 aliphatic rings. The minimum atomic E-state index is 0.296. The molecule has 0 bridgehead atoms. The van der Waals surface area contributed by atoms with Crippen LogP contribution in [0.1, 0.15) is 17.0 Å². The molecule has 5 heteroatoms. The van der Waals surface area contributed by atoms with Gasteiger partial charge in [0, 0.05) is 3.57 Å². The zero-order valence-electron chi connectivity index (χ0n) is 11.3. The van der Waals surface area contributed by atoms with Crippen LogP contribution in [-0.2, 0) is 5.88 Å². The van der Waals surface area contributed by atoms with Crippen molar-refractivity contribution in [1.29, 1.82) is 5.26 Å². The molecule has 1 heterocycles. The van der Waals surface area contributed by atoms with Gasteiger partial charge in [0.15, 0.2) is 0 Å². The maximum absolute atomic E-state index is 9.46. The summed E-state index contributed by atoms with van der Waals surface area (Å²) in [5.74, 6) is 1.04. The number of halogens is 2. The van der Waals surface area contributed by atoms with Crippen LogP contribution in [0.5, 0.6) is 0 Å². The highest BCUT2D eigenvalue weighted by Crippen LogP contribution is 2.27. The summed E-state index contributed by atoms with van der Waals surface area (Å²) in [6, 6.07) is 14.2. The molecule has 104 valence electrons. The first-order valence-corrected chi connectivity index (χ1v) is 8.00. The molecule has 0 atom stereocenters. The minimum absolute atomic E-state index is 0.296. The molecule has 0 spiro atoms. The van der Waals surface area contributed by atoms with Gasteiger partial charge >= 0.3 is 0 Å². The van der Waals surface area contributed by atoms with Crippen molar-refractivity contribution in [2.45, 2.75) is 12.8 Å². The van der Waals surface area contributed by atoms with E-state index in [9.17, 15) is 5.26 Å². The molecule has 0 unspecified atom stereocenters. The molecule has 0 amide bonds. The quantitative estimate of drug-likeness (QED) is 0.462. The van der Waals surface area contributed by atoms with Gasteiger partial charge in [-0.15, -0.1) is 11.6 Å². The monoisotopic (exact) mass is 407 g/mol. The fourth-order valence-corrected chi connectivity index (χ4v) is 3.10. The van der Waals surface area contributed by atoms with Gasteiger partial charge in [-0.3, -0.25) is 4.57 Å². The second-order valence-corrected chi connectivity index (χ2v) is 6.22. The minimum Gasteiger partial charge on any atom is -0.294 e. The van der Waals surface area contributed by atoms with Crippen molar-refractivity contribution in [3.8, 4) is 11.8 Å². The Morgan fingerprint density at radius 3 is 2.86 bits per heavy atom. The number of hydrogen-bond donors (Lipinski definition) is 0. The highest BCUT2D eigenvalue weighted by molar-refractivity contribution is 14.1. The lowest BCUT2D eigenvalue weighted by atomic mass is 10.1. The normalized spacial score (nSPS) is 10.8. The summed E-state index contributed by atoms with van der Waals surface area (Å²) in [5, 5.41) is 9.46. The SMILES string of the molecule is Cc1cccc(-n2c(CCl)nc3cc(I)ccc32)c1C#N. The Hall–Kier alpha value is -1.58. The highest BCUT2D eigenvalue weighted by Gasteiger charge is 2.15. The third kappa shape index (κ3) is 2.41. The van der Waals surface area contributed by atoms with Gasteiger partial charge in [0.05, 0.1) is 28.2 Å². The van der Waals surface area contributed by atoms with Crippen LogP contribution in [0.25, 0.3) is 16.7 Å². The first-order chi connectivity index (χ1) is 10.2. The standard InChI is InChI=1S/C16H11ClIN3/c1-10-3-2-4-14(12(10)9-19)21-15-6-5-11(18)7-13(15)20-16(21)8-17/h2-7H,8H2,1H3. The van der Waals surface area contributed by atoms with E-state index in [0.717, 1.165) is 31.7 Å². The fraction of sp³-hybridized carbons (Fsp3) is 0.125. The number of fused-ring (bicyclic) bond motifs is 1. The van der Waals surface area contributed by atoms with E-state index < -0.39 is 0 Å². The van der Waals surface area contributed by atoms with Crippen LogP contribution in [0, 0.1) is 21.8 Å². The van der Waals surface area contributed by atoms with E-state index in [2.05, 4.69) is 33.6 Å². The van der Waals surface area contributed by atoms with E-state index >= 15 is 0 Å². The van der Waals surface area contributed by atoms with Gasteiger partial charge in [-0.25, -0.2) is 4.98 Å². The Balaban J connectivity index is 2.40. The zero-order valence-corrected chi connectivity index (χ0v) is 14.2. The lowest BCUT2D eigenvalue weighted by Gasteiger charge is -2.11. The molecule has 0 radical (unpaired) electrons. The van der Waals surface area contributed by atoms with Gasteiger partial charge in [0.25, 0.3) is 0 Å². The van der Waals surface area contributed by atoms with Gasteiger partial charge in [-0.1, -0.05) is 12.1 Å². The van der Waals surface area contributed by atoms with Gasteiger partial charge in [0.2, 0.25) is 0 Å². The third-order valence-corrected chi connectivity index (χ3v) is 4.32. The van der Waals surface area contributed by atoms with Crippen molar-refractivity contribution < 1.29 is 0 Å². The van der Waals surface area contributed by atoms with E-state index in [1.54, 1.807) is 0 Å². The number of imidazole rings is 1. The summed E-state index contributed by atoms with van der Waals surface area (Å²) in [6.45, 7) is 1.93. The van der Waals surface area contributed by atoms with Crippen LogP contribution < -0.4 is 0 Å². The maximum atomic E-state index is 9.46. The molecule has 0 aliphatic carbocycles. The number of aromatic nitrogens is 2. The molecule has 3 nitrogen and oxygen atoms in total. The van der Waals surface area contributed by atoms with Gasteiger partial charge < -0.3 is 0 Å². The largest absolute Gasteiger partial charge is 0.294 e. The number of hydrogen-bond acceptors (Lipinski definition) is 2. The average Bonchev–Trinajstić information content (AvgIpc) is 2.84. The lowest BCUT2D eigenvalue weighted by Crippen LogP contribution is -2.03. The summed E-state index contributed by atoms with van der Waals surface area (Å²) >= 11 is 8.32. The first kappa shape index (κ1) is 14.4. The van der Waals surface area contributed by atoms with E-state index in [1.807, 2.05) is 47.9 Å². The summed E-state index contributed by atoms with van der Waals surface area (Å²) in [5.41, 5.74) is 4.29. The van der Waals surface area contributed by atoms with Crippen molar-refractivity contribution in [3.05, 3.63) is 56.9 Å². The number of nitrogens with zero attached hydrogens (tertiary/aromatic N) is 3. The van der Waals surface area contributed by atoms with Crippen LogP contribution in [0.4, 0.5) is 0 Å². The van der Waals surface area contributed by atoms with E-state index in [0.29, 0.717) is 11.4 Å². The molecule has 3 aromatic rings. The summed E-state index contributed by atoms with van der Waals surface area (Å²) in [4.78, 5) is 4.59. The molecule has 0 aliphatic heterocycles. The Bertz CT molecular complexity index is 877. The fourth-order valence-electron chi connectivity index (χ4n) is 2.45. The topological polar surface area (TPSA) is 41.6 Å². The van der Waals surface area contributed by atoms with Crippen LogP contribution in [0.15, 0.2) is 36.4 Å². The van der Waals surface area contributed by atoms with E-state index in [-0.39, 0.29) is 0 Å². The van der Waals surface area contributed by atoms with Gasteiger partial charge in [0.1, 0.15) is 11.9 Å². The number of nitriles is 1. The van der Waals surface area contributed by atoms with Crippen molar-refractivity contribution in [2.24, 2.45) is 0 Å². The first-order valence-electron chi connectivity index (χ1n) is 6.38. The molecular weight excluding hydrogens is 397 g/mol. The highest BCUT2D eigenvalue weighted by atomic mass is 127. The van der Waals surface area contributed by atoms with Crippen LogP contribution in [-0.4, -0.2) is 9.55 Å². The summed E-state index contributed by atoms with van der Waals surface area (Å²) < 4.78 is 3.10. The third-order valence-electron chi connectivity index (χ3n) is 3.41. The van der Waals surface area contributed by atoms with Gasteiger partial charge in [-0.05, 0) is 59.3 Å². The van der Waals surface area contributed by atoms with Crippen LogP contribution in [0.2, 0.25) is 0 Å². The number of rotatable bonds is 2. The molecule has 0 saturated carbocycles. The molecule has 3 rings (SSSR count). The van der Waals surface area contributed by atoms with Crippen molar-refractivity contribution in [3.63, 3.8) is 0 Å². The predicted octanol–water partition coefficient (Wildman–Crippen LogP) is 4.55. The van der Waals surface area contributed by atoms with E-state index in [4.69, 9.17) is 11.6 Å². The second-order valence-electron chi connectivity index (χ2n) is 4.71. The summed E-state index contributed by atoms with van der Waals surface area (Å²) in [7, 11) is 0. The van der Waals surface area contributed by atoms with Crippen LogP contribution in [0.3, 0.4) is 0 Å². The smallest absolute Gasteiger partial charge is 0.129 e. The van der Waals surface area contributed by atoms with Gasteiger partial charge in [-0.2, -0.15) is 5.26 Å². The van der Waals surface area contributed by atoms with E-state index in [1.165, 1.54) is 0 Å². The second kappa shape index (κ2) is 5.66. The van der Waals surface area contributed by atoms with Crippen LogP contribution >= 0.6 is 34.2 Å². The summed E-state index contributed by atoms with van der Waals surface area (Å²) in [6.07, 6.45) is 0. The molecular formula is C16H11ClIN3. The predicted molar refractivity (Wildman–Crippen MR) is 92.8 cm³/mol. The Morgan fingerprint density at radius 1 is 1.33 bits per heavy atom. The molecule has 1 aromatic heterocycles. The molecule has 0 fully saturated rings. The Kier molecular flexibility index (Phi) is 3.87. The molecule has 0 N–H and O–H groups in total. The maximum Gasteiger partial charge on any atom is 0.129 e. The van der Waals surface area contributed by atoms with Crippen molar-refractivity contribution in [1.82, 2.24) is 9.55 Å². The lowest BCUT2D eigenvalue weighted by molar-refractivity contribution is 0.976. The van der Waals surface area contributed by atoms with Crippen molar-refractivity contribution in [2.75, 3.05) is 0 Å². The number of alkyl halides is 1. The number of aryl methyl sites for hydroxylation is 1.